The van der Waals surface area contributed by atoms with Crippen LogP contribution in [0, 0.1) is 0 Å². The Bertz CT molecular complexity index is 408. The number of hydrogen-bond donors (Lipinski definition) is 2. The molecule has 2 atom stereocenters. The summed E-state index contributed by atoms with van der Waals surface area (Å²) in [5.74, 6) is -0.0169. The second kappa shape index (κ2) is 6.68. The molecule has 1 aliphatic heterocycles. The molecular weight excluding hydrogens is 242 g/mol. The topological polar surface area (TPSA) is 58.6 Å². The van der Waals surface area contributed by atoms with Crippen molar-refractivity contribution in [2.45, 2.75) is 44.8 Å². The molecule has 2 unspecified atom stereocenters. The van der Waals surface area contributed by atoms with E-state index >= 15 is 0 Å². The minimum Gasteiger partial charge on any atom is -0.389 e. The van der Waals surface area contributed by atoms with Gasteiger partial charge in [0.2, 0.25) is 5.91 Å². The van der Waals surface area contributed by atoms with Crippen molar-refractivity contribution in [2.75, 3.05) is 11.9 Å². The molecular formula is C15H21NO3. The van der Waals surface area contributed by atoms with Crippen molar-refractivity contribution in [1.29, 1.82) is 0 Å². The highest BCUT2D eigenvalue weighted by Gasteiger charge is 2.17. The quantitative estimate of drug-likeness (QED) is 0.878. The molecule has 1 aromatic carbocycles. The fraction of sp³-hybridized carbons (Fsp3) is 0.533. The average Bonchev–Trinajstić information content (AvgIpc) is 2.40. The molecule has 0 spiro atoms. The van der Waals surface area contributed by atoms with E-state index in [0.717, 1.165) is 37.1 Å². The van der Waals surface area contributed by atoms with Gasteiger partial charge in [-0.1, -0.05) is 12.1 Å². The SMILES string of the molecule is CC(O)c1ccc(NC(=O)CC2CCCCO2)cc1. The third-order valence-corrected chi connectivity index (χ3v) is 3.36. The van der Waals surface area contributed by atoms with Crippen LogP contribution in [0.1, 0.15) is 44.3 Å². The number of aliphatic hydroxyl groups excluding tert-OH is 1. The zero-order chi connectivity index (χ0) is 13.7. The Morgan fingerprint density at radius 1 is 1.42 bits per heavy atom. The Hall–Kier alpha value is -1.39. The van der Waals surface area contributed by atoms with Crippen LogP contribution in [0.5, 0.6) is 0 Å². The van der Waals surface area contributed by atoms with Gasteiger partial charge in [0.15, 0.2) is 0 Å². The molecule has 0 aromatic heterocycles. The molecule has 1 aliphatic rings. The van der Waals surface area contributed by atoms with Crippen molar-refractivity contribution in [2.24, 2.45) is 0 Å². The lowest BCUT2D eigenvalue weighted by atomic mass is 10.1. The highest BCUT2D eigenvalue weighted by molar-refractivity contribution is 5.91. The van der Waals surface area contributed by atoms with Crippen LogP contribution in [-0.2, 0) is 9.53 Å². The first-order valence-corrected chi connectivity index (χ1v) is 6.84. The van der Waals surface area contributed by atoms with Crippen LogP contribution in [0.15, 0.2) is 24.3 Å². The zero-order valence-corrected chi connectivity index (χ0v) is 11.3. The monoisotopic (exact) mass is 263 g/mol. The number of benzene rings is 1. The molecule has 104 valence electrons. The Morgan fingerprint density at radius 3 is 2.74 bits per heavy atom. The molecule has 0 radical (unpaired) electrons. The second-order valence-electron chi connectivity index (χ2n) is 5.04. The van der Waals surface area contributed by atoms with E-state index in [1.54, 1.807) is 6.92 Å². The third kappa shape index (κ3) is 4.33. The van der Waals surface area contributed by atoms with Gasteiger partial charge in [-0.15, -0.1) is 0 Å². The summed E-state index contributed by atoms with van der Waals surface area (Å²) >= 11 is 0. The molecule has 0 aliphatic carbocycles. The van der Waals surface area contributed by atoms with Crippen LogP contribution >= 0.6 is 0 Å². The fourth-order valence-electron chi connectivity index (χ4n) is 2.23. The molecule has 4 heteroatoms. The van der Waals surface area contributed by atoms with Gasteiger partial charge >= 0.3 is 0 Å². The van der Waals surface area contributed by atoms with Gasteiger partial charge in [-0.25, -0.2) is 0 Å². The molecule has 1 aromatic rings. The Balaban J connectivity index is 1.84. The van der Waals surface area contributed by atoms with Crippen molar-refractivity contribution in [3.8, 4) is 0 Å². The minimum absolute atomic E-state index is 0.0169. The summed E-state index contributed by atoms with van der Waals surface area (Å²) < 4.78 is 5.54. The van der Waals surface area contributed by atoms with E-state index < -0.39 is 6.10 Å². The maximum atomic E-state index is 11.9. The normalized spacial score (nSPS) is 20.8. The van der Waals surface area contributed by atoms with E-state index in [0.29, 0.717) is 6.42 Å². The number of anilines is 1. The van der Waals surface area contributed by atoms with Gasteiger partial charge in [0, 0.05) is 12.3 Å². The summed E-state index contributed by atoms with van der Waals surface area (Å²) in [5, 5.41) is 12.3. The van der Waals surface area contributed by atoms with Gasteiger partial charge in [-0.3, -0.25) is 4.79 Å². The Labute approximate surface area is 113 Å². The van der Waals surface area contributed by atoms with Gasteiger partial charge in [0.05, 0.1) is 18.6 Å². The largest absolute Gasteiger partial charge is 0.389 e. The molecule has 1 amide bonds. The van der Waals surface area contributed by atoms with Gasteiger partial charge in [0.1, 0.15) is 0 Å². The molecule has 2 N–H and O–H groups in total. The van der Waals surface area contributed by atoms with E-state index in [-0.39, 0.29) is 12.0 Å². The molecule has 19 heavy (non-hydrogen) atoms. The van der Waals surface area contributed by atoms with Crippen molar-refractivity contribution >= 4 is 11.6 Å². The van der Waals surface area contributed by atoms with Crippen molar-refractivity contribution < 1.29 is 14.6 Å². The number of aliphatic hydroxyl groups is 1. The highest BCUT2D eigenvalue weighted by Crippen LogP contribution is 2.18. The molecule has 1 fully saturated rings. The van der Waals surface area contributed by atoms with Gasteiger partial charge in [-0.05, 0) is 43.9 Å². The van der Waals surface area contributed by atoms with Crippen molar-refractivity contribution in [3.63, 3.8) is 0 Å². The first-order chi connectivity index (χ1) is 9.15. The molecule has 0 saturated carbocycles. The van der Waals surface area contributed by atoms with Crippen LogP contribution in [-0.4, -0.2) is 23.7 Å². The molecule has 4 nitrogen and oxygen atoms in total. The van der Waals surface area contributed by atoms with E-state index in [1.807, 2.05) is 24.3 Å². The number of rotatable bonds is 4. The standard InChI is InChI=1S/C15H21NO3/c1-11(17)12-5-7-13(8-6-12)16-15(18)10-14-4-2-3-9-19-14/h5-8,11,14,17H,2-4,9-10H2,1H3,(H,16,18). The Morgan fingerprint density at radius 2 is 2.16 bits per heavy atom. The fourth-order valence-corrected chi connectivity index (χ4v) is 2.23. The van der Waals surface area contributed by atoms with Gasteiger partial charge in [0.25, 0.3) is 0 Å². The number of carbonyl (C=O) groups is 1. The summed E-state index contributed by atoms with van der Waals surface area (Å²) in [5.41, 5.74) is 1.60. The molecule has 2 rings (SSSR count). The van der Waals surface area contributed by atoms with Crippen molar-refractivity contribution in [1.82, 2.24) is 0 Å². The Kier molecular flexibility index (Phi) is 4.93. The summed E-state index contributed by atoms with van der Waals surface area (Å²) in [6, 6.07) is 7.25. The lowest BCUT2D eigenvalue weighted by Gasteiger charge is -2.21. The number of carbonyl (C=O) groups excluding carboxylic acids is 1. The van der Waals surface area contributed by atoms with Crippen LogP contribution in [0.25, 0.3) is 0 Å². The first-order valence-electron chi connectivity index (χ1n) is 6.84. The lowest BCUT2D eigenvalue weighted by Crippen LogP contribution is -2.25. The lowest BCUT2D eigenvalue weighted by molar-refractivity contribution is -0.119. The summed E-state index contributed by atoms with van der Waals surface area (Å²) in [7, 11) is 0. The average molecular weight is 263 g/mol. The number of ether oxygens (including phenoxy) is 1. The van der Waals surface area contributed by atoms with Crippen LogP contribution in [0.3, 0.4) is 0 Å². The van der Waals surface area contributed by atoms with Crippen molar-refractivity contribution in [3.05, 3.63) is 29.8 Å². The summed E-state index contributed by atoms with van der Waals surface area (Å²) in [4.78, 5) is 11.9. The maximum absolute atomic E-state index is 11.9. The number of amides is 1. The van der Waals surface area contributed by atoms with Gasteiger partial charge in [-0.2, -0.15) is 0 Å². The second-order valence-corrected chi connectivity index (χ2v) is 5.04. The van der Waals surface area contributed by atoms with E-state index in [1.165, 1.54) is 0 Å². The predicted molar refractivity (Wildman–Crippen MR) is 73.9 cm³/mol. The maximum Gasteiger partial charge on any atom is 0.226 e. The smallest absolute Gasteiger partial charge is 0.226 e. The third-order valence-electron chi connectivity index (χ3n) is 3.36. The first kappa shape index (κ1) is 14.0. The van der Waals surface area contributed by atoms with Crippen LogP contribution < -0.4 is 5.32 Å². The van der Waals surface area contributed by atoms with Crippen LogP contribution in [0.4, 0.5) is 5.69 Å². The van der Waals surface area contributed by atoms with Crippen LogP contribution in [0.2, 0.25) is 0 Å². The highest BCUT2D eigenvalue weighted by atomic mass is 16.5. The van der Waals surface area contributed by atoms with E-state index in [9.17, 15) is 9.90 Å². The van der Waals surface area contributed by atoms with Gasteiger partial charge < -0.3 is 15.2 Å². The minimum atomic E-state index is -0.486. The number of nitrogens with one attached hydrogen (secondary N) is 1. The number of hydrogen-bond acceptors (Lipinski definition) is 3. The summed E-state index contributed by atoms with van der Waals surface area (Å²) in [6.45, 7) is 2.48. The molecule has 0 bridgehead atoms. The molecule has 1 heterocycles. The van der Waals surface area contributed by atoms with E-state index in [4.69, 9.17) is 4.74 Å². The zero-order valence-electron chi connectivity index (χ0n) is 11.3. The predicted octanol–water partition coefficient (Wildman–Crippen LogP) is 2.64. The van der Waals surface area contributed by atoms with E-state index in [2.05, 4.69) is 5.32 Å². The summed E-state index contributed by atoms with van der Waals surface area (Å²) in [6.07, 6.45) is 3.19. The molecule has 1 saturated heterocycles.